The van der Waals surface area contributed by atoms with E-state index in [1.165, 1.54) is 31.2 Å². The van der Waals surface area contributed by atoms with Crippen LogP contribution in [-0.2, 0) is 10.2 Å². The van der Waals surface area contributed by atoms with Gasteiger partial charge in [0.25, 0.3) is 0 Å². The van der Waals surface area contributed by atoms with Gasteiger partial charge in [-0.2, -0.15) is 0 Å². The Morgan fingerprint density at radius 1 is 1.15 bits per heavy atom. The van der Waals surface area contributed by atoms with Crippen molar-refractivity contribution in [3.8, 4) is 0 Å². The fourth-order valence-electron chi connectivity index (χ4n) is 4.57. The SMILES string of the molecule is O=C(N1CC(O)C1)[C@]1(c2ccccc2)CC12CCCC2. The van der Waals surface area contributed by atoms with Crippen molar-refractivity contribution in [3.05, 3.63) is 35.9 Å². The minimum absolute atomic E-state index is 0.214. The molecule has 1 N–H and O–H groups in total. The van der Waals surface area contributed by atoms with Crippen LogP contribution in [0, 0.1) is 5.41 Å². The second-order valence-electron chi connectivity index (χ2n) is 6.80. The van der Waals surface area contributed by atoms with Gasteiger partial charge in [-0.15, -0.1) is 0 Å². The average Bonchev–Trinajstić information content (AvgIpc) is 2.84. The molecule has 106 valence electrons. The molecular weight excluding hydrogens is 250 g/mol. The quantitative estimate of drug-likeness (QED) is 0.895. The van der Waals surface area contributed by atoms with Crippen molar-refractivity contribution in [1.29, 1.82) is 0 Å². The van der Waals surface area contributed by atoms with Crippen LogP contribution in [0.1, 0.15) is 37.7 Å². The molecule has 1 amide bonds. The number of amides is 1. The molecule has 1 heterocycles. The lowest BCUT2D eigenvalue weighted by atomic mass is 9.83. The lowest BCUT2D eigenvalue weighted by Gasteiger charge is -2.39. The van der Waals surface area contributed by atoms with E-state index < -0.39 is 0 Å². The van der Waals surface area contributed by atoms with E-state index in [1.807, 2.05) is 23.1 Å². The molecule has 1 aromatic carbocycles. The van der Waals surface area contributed by atoms with Crippen molar-refractivity contribution >= 4 is 5.91 Å². The Morgan fingerprint density at radius 2 is 1.80 bits per heavy atom. The van der Waals surface area contributed by atoms with Crippen LogP contribution in [-0.4, -0.2) is 35.1 Å². The van der Waals surface area contributed by atoms with Crippen LogP contribution in [0.5, 0.6) is 0 Å². The van der Waals surface area contributed by atoms with Gasteiger partial charge in [-0.05, 0) is 30.2 Å². The zero-order valence-corrected chi connectivity index (χ0v) is 11.7. The molecular formula is C17H21NO2. The predicted octanol–water partition coefficient (Wildman–Crippen LogP) is 2.09. The largest absolute Gasteiger partial charge is 0.389 e. The molecule has 3 fully saturated rings. The third-order valence-electron chi connectivity index (χ3n) is 5.73. The minimum Gasteiger partial charge on any atom is -0.389 e. The monoisotopic (exact) mass is 271 g/mol. The molecule has 2 aliphatic carbocycles. The summed E-state index contributed by atoms with van der Waals surface area (Å²) in [6.45, 7) is 1.03. The Morgan fingerprint density at radius 3 is 2.40 bits per heavy atom. The van der Waals surface area contributed by atoms with Gasteiger partial charge in [0, 0.05) is 13.1 Å². The predicted molar refractivity (Wildman–Crippen MR) is 76.2 cm³/mol. The number of nitrogens with zero attached hydrogens (tertiary/aromatic N) is 1. The highest BCUT2D eigenvalue weighted by Crippen LogP contribution is 2.72. The normalized spacial score (nSPS) is 31.4. The topological polar surface area (TPSA) is 40.5 Å². The van der Waals surface area contributed by atoms with Crippen LogP contribution in [0.15, 0.2) is 30.3 Å². The number of benzene rings is 1. The molecule has 3 aliphatic rings. The molecule has 0 aromatic heterocycles. The van der Waals surface area contributed by atoms with Crippen LogP contribution in [0.4, 0.5) is 0 Å². The molecule has 1 aromatic rings. The fourth-order valence-corrected chi connectivity index (χ4v) is 4.57. The summed E-state index contributed by atoms with van der Waals surface area (Å²) in [5.74, 6) is 0.260. The summed E-state index contributed by atoms with van der Waals surface area (Å²) in [5.41, 5.74) is 1.12. The number of carbonyl (C=O) groups excluding carboxylic acids is 1. The molecule has 0 unspecified atom stereocenters. The third-order valence-corrected chi connectivity index (χ3v) is 5.73. The minimum atomic E-state index is -0.315. The molecule has 1 atom stereocenters. The van der Waals surface area contributed by atoms with E-state index in [1.54, 1.807) is 0 Å². The van der Waals surface area contributed by atoms with Gasteiger partial charge in [-0.3, -0.25) is 4.79 Å². The number of likely N-dealkylation sites (tertiary alicyclic amines) is 1. The summed E-state index contributed by atoms with van der Waals surface area (Å²) in [7, 11) is 0. The second kappa shape index (κ2) is 4.08. The number of hydrogen-bond acceptors (Lipinski definition) is 2. The zero-order valence-electron chi connectivity index (χ0n) is 11.7. The highest BCUT2D eigenvalue weighted by Gasteiger charge is 2.73. The number of rotatable bonds is 2. The summed E-state index contributed by atoms with van der Waals surface area (Å²) in [4.78, 5) is 14.9. The summed E-state index contributed by atoms with van der Waals surface area (Å²) in [6, 6.07) is 10.3. The highest BCUT2D eigenvalue weighted by molar-refractivity contribution is 5.94. The van der Waals surface area contributed by atoms with Crippen LogP contribution in [0.25, 0.3) is 0 Å². The first kappa shape index (κ1) is 12.4. The third kappa shape index (κ3) is 1.47. The summed E-state index contributed by atoms with van der Waals surface area (Å²) in [5, 5.41) is 9.49. The van der Waals surface area contributed by atoms with Crippen molar-refractivity contribution in [3.63, 3.8) is 0 Å². The van der Waals surface area contributed by atoms with Crippen molar-refractivity contribution in [1.82, 2.24) is 4.90 Å². The first-order valence-corrected chi connectivity index (χ1v) is 7.71. The number of hydrogen-bond donors (Lipinski definition) is 1. The van der Waals surface area contributed by atoms with E-state index in [-0.39, 0.29) is 22.8 Å². The first-order valence-electron chi connectivity index (χ1n) is 7.71. The van der Waals surface area contributed by atoms with Crippen molar-refractivity contribution < 1.29 is 9.90 Å². The summed E-state index contributed by atoms with van der Waals surface area (Å²) >= 11 is 0. The van der Waals surface area contributed by atoms with Crippen molar-refractivity contribution in [2.75, 3.05) is 13.1 Å². The maximum atomic E-state index is 13.0. The van der Waals surface area contributed by atoms with Gasteiger partial charge < -0.3 is 10.0 Å². The smallest absolute Gasteiger partial charge is 0.233 e. The van der Waals surface area contributed by atoms with Gasteiger partial charge in [0.2, 0.25) is 5.91 Å². The molecule has 2 saturated carbocycles. The lowest BCUT2D eigenvalue weighted by molar-refractivity contribution is -0.145. The number of aliphatic hydroxyl groups excluding tert-OH is 1. The molecule has 1 saturated heterocycles. The molecule has 1 spiro atoms. The molecule has 4 rings (SSSR count). The van der Waals surface area contributed by atoms with Crippen LogP contribution >= 0.6 is 0 Å². The Hall–Kier alpha value is -1.35. The fraction of sp³-hybridized carbons (Fsp3) is 0.588. The Bertz CT molecular complexity index is 529. The summed E-state index contributed by atoms with van der Waals surface area (Å²) in [6.07, 6.45) is 5.57. The van der Waals surface area contributed by atoms with Crippen LogP contribution in [0.2, 0.25) is 0 Å². The summed E-state index contributed by atoms with van der Waals surface area (Å²) < 4.78 is 0. The lowest BCUT2D eigenvalue weighted by Crippen LogP contribution is -2.57. The van der Waals surface area contributed by atoms with Gasteiger partial charge in [0.05, 0.1) is 11.5 Å². The molecule has 0 radical (unpaired) electrons. The van der Waals surface area contributed by atoms with E-state index in [2.05, 4.69) is 12.1 Å². The number of β-amino-alcohol motifs (C(OH)–C–C–N with tert-alkyl or cyclic N) is 1. The van der Waals surface area contributed by atoms with Crippen LogP contribution in [0.3, 0.4) is 0 Å². The van der Waals surface area contributed by atoms with E-state index in [9.17, 15) is 9.90 Å². The maximum absolute atomic E-state index is 13.0. The first-order chi connectivity index (χ1) is 9.68. The Kier molecular flexibility index (Phi) is 2.53. The zero-order chi connectivity index (χ0) is 13.8. The second-order valence-corrected chi connectivity index (χ2v) is 6.80. The Labute approximate surface area is 119 Å². The molecule has 1 aliphatic heterocycles. The van der Waals surface area contributed by atoms with Gasteiger partial charge in [0.1, 0.15) is 0 Å². The van der Waals surface area contributed by atoms with Crippen LogP contribution < -0.4 is 0 Å². The van der Waals surface area contributed by atoms with E-state index >= 15 is 0 Å². The Balaban J connectivity index is 1.70. The van der Waals surface area contributed by atoms with Gasteiger partial charge in [-0.1, -0.05) is 43.2 Å². The molecule has 3 heteroatoms. The van der Waals surface area contributed by atoms with Gasteiger partial charge >= 0.3 is 0 Å². The molecule has 20 heavy (non-hydrogen) atoms. The number of carbonyl (C=O) groups is 1. The van der Waals surface area contributed by atoms with E-state index in [0.717, 1.165) is 6.42 Å². The van der Waals surface area contributed by atoms with Crippen molar-refractivity contribution in [2.45, 2.75) is 43.6 Å². The standard InChI is InChI=1S/C17H21NO2/c19-14-10-18(11-14)15(20)17(13-6-2-1-3-7-13)12-16(17)8-4-5-9-16/h1-3,6-7,14,19H,4-5,8-12H2/t17-/m1/s1. The molecule has 0 bridgehead atoms. The molecule has 3 nitrogen and oxygen atoms in total. The van der Waals surface area contributed by atoms with Gasteiger partial charge in [0.15, 0.2) is 0 Å². The van der Waals surface area contributed by atoms with E-state index in [4.69, 9.17) is 0 Å². The highest BCUT2D eigenvalue weighted by atomic mass is 16.3. The van der Waals surface area contributed by atoms with Crippen molar-refractivity contribution in [2.24, 2.45) is 5.41 Å². The van der Waals surface area contributed by atoms with Gasteiger partial charge in [-0.25, -0.2) is 0 Å². The average molecular weight is 271 g/mol. The van der Waals surface area contributed by atoms with E-state index in [0.29, 0.717) is 13.1 Å². The maximum Gasteiger partial charge on any atom is 0.233 e. The number of aliphatic hydroxyl groups is 1.